The molecule has 2 fully saturated rings. The van der Waals surface area contributed by atoms with E-state index in [0.717, 1.165) is 32.1 Å². The Kier molecular flexibility index (Phi) is 4.97. The van der Waals surface area contributed by atoms with Crippen molar-refractivity contribution >= 4 is 6.09 Å². The zero-order valence-corrected chi connectivity index (χ0v) is 13.9. The third kappa shape index (κ3) is 4.22. The van der Waals surface area contributed by atoms with Gasteiger partial charge in [-0.05, 0) is 59.8 Å². The summed E-state index contributed by atoms with van der Waals surface area (Å²) in [6, 6.07) is 1.65. The van der Waals surface area contributed by atoms with Gasteiger partial charge in [-0.3, -0.25) is 0 Å². The number of hydrogen-bond donors (Lipinski definition) is 1. The summed E-state index contributed by atoms with van der Waals surface area (Å²) >= 11 is 0. The normalized spacial score (nSPS) is 30.1. The van der Waals surface area contributed by atoms with Crippen molar-refractivity contribution in [1.82, 2.24) is 10.2 Å². The number of ether oxygens (including phenoxy) is 1. The number of amides is 1. The Morgan fingerprint density at radius 2 is 1.95 bits per heavy atom. The van der Waals surface area contributed by atoms with Crippen molar-refractivity contribution in [3.8, 4) is 0 Å². The number of rotatable bonds is 4. The molecular formula is C17H30N2O2. The molecule has 2 heterocycles. The second kappa shape index (κ2) is 6.39. The lowest BCUT2D eigenvalue weighted by molar-refractivity contribution is 0.00439. The maximum atomic E-state index is 12.4. The van der Waals surface area contributed by atoms with Crippen LogP contribution in [0.3, 0.4) is 0 Å². The van der Waals surface area contributed by atoms with Gasteiger partial charge in [0.2, 0.25) is 0 Å². The first-order valence-electron chi connectivity index (χ1n) is 8.18. The highest BCUT2D eigenvalue weighted by Gasteiger charge is 2.44. The Morgan fingerprint density at radius 3 is 2.43 bits per heavy atom. The zero-order valence-electron chi connectivity index (χ0n) is 13.9. The Balaban J connectivity index is 1.93. The van der Waals surface area contributed by atoms with Crippen LogP contribution in [-0.4, -0.2) is 40.8 Å². The zero-order chi connectivity index (χ0) is 15.6. The highest BCUT2D eigenvalue weighted by atomic mass is 16.6. The molecule has 2 rings (SSSR count). The number of hydrogen-bond acceptors (Lipinski definition) is 3. The average Bonchev–Trinajstić information content (AvgIpc) is 2.60. The number of carbonyl (C=O) groups excluding carboxylic acids is 1. The second-order valence-corrected chi connectivity index (χ2v) is 7.53. The Morgan fingerprint density at radius 1 is 1.38 bits per heavy atom. The molecule has 2 saturated heterocycles. The molecule has 120 valence electrons. The van der Waals surface area contributed by atoms with Crippen molar-refractivity contribution in [2.24, 2.45) is 0 Å². The van der Waals surface area contributed by atoms with Crippen LogP contribution in [0.5, 0.6) is 0 Å². The third-order valence-electron chi connectivity index (χ3n) is 4.38. The lowest BCUT2D eigenvalue weighted by Gasteiger charge is -2.40. The van der Waals surface area contributed by atoms with Crippen molar-refractivity contribution in [2.45, 2.75) is 89.6 Å². The van der Waals surface area contributed by atoms with Gasteiger partial charge in [-0.2, -0.15) is 0 Å². The molecule has 0 aliphatic carbocycles. The fourth-order valence-corrected chi connectivity index (χ4v) is 3.65. The maximum Gasteiger partial charge on any atom is 0.410 e. The minimum Gasteiger partial charge on any atom is -0.444 e. The summed E-state index contributed by atoms with van der Waals surface area (Å²) in [5, 5.41) is 3.68. The molecule has 3 unspecified atom stereocenters. The van der Waals surface area contributed by atoms with Gasteiger partial charge in [0.15, 0.2) is 0 Å². The van der Waals surface area contributed by atoms with E-state index in [1.165, 1.54) is 0 Å². The molecule has 2 aliphatic rings. The van der Waals surface area contributed by atoms with E-state index in [-0.39, 0.29) is 6.09 Å². The van der Waals surface area contributed by atoms with Crippen molar-refractivity contribution in [1.29, 1.82) is 0 Å². The fourth-order valence-electron chi connectivity index (χ4n) is 3.65. The fraction of sp³-hybridized carbons (Fsp3) is 0.824. The molecule has 1 amide bonds. The van der Waals surface area contributed by atoms with E-state index >= 15 is 0 Å². The number of carbonyl (C=O) groups is 1. The predicted octanol–water partition coefficient (Wildman–Crippen LogP) is 3.47. The number of piperidine rings is 1. The molecule has 0 aromatic rings. The minimum atomic E-state index is -0.413. The van der Waals surface area contributed by atoms with Crippen LogP contribution in [0.4, 0.5) is 4.79 Å². The summed E-state index contributed by atoms with van der Waals surface area (Å²) in [5.74, 6) is 0. The van der Waals surface area contributed by atoms with Gasteiger partial charge >= 0.3 is 6.09 Å². The molecule has 2 aliphatic heterocycles. The van der Waals surface area contributed by atoms with Gasteiger partial charge in [0, 0.05) is 24.2 Å². The molecule has 0 radical (unpaired) electrons. The van der Waals surface area contributed by atoms with Gasteiger partial charge in [0.1, 0.15) is 5.60 Å². The molecule has 4 nitrogen and oxygen atoms in total. The van der Waals surface area contributed by atoms with E-state index in [4.69, 9.17) is 4.74 Å². The SMILES string of the molecule is C=CCC(C)NC1CC2CCC(C1)N2C(=O)OC(C)(C)C. The average molecular weight is 294 g/mol. The second-order valence-electron chi connectivity index (χ2n) is 7.53. The van der Waals surface area contributed by atoms with Crippen LogP contribution < -0.4 is 5.32 Å². The first kappa shape index (κ1) is 16.3. The largest absolute Gasteiger partial charge is 0.444 e. The first-order chi connectivity index (χ1) is 9.80. The Bertz CT molecular complexity index is 375. The van der Waals surface area contributed by atoms with Crippen molar-refractivity contribution < 1.29 is 9.53 Å². The summed E-state index contributed by atoms with van der Waals surface area (Å²) in [5.41, 5.74) is -0.413. The molecule has 0 spiro atoms. The van der Waals surface area contributed by atoms with E-state index in [1.807, 2.05) is 31.7 Å². The Labute approximate surface area is 128 Å². The smallest absolute Gasteiger partial charge is 0.410 e. The van der Waals surface area contributed by atoms with Crippen LogP contribution in [0, 0.1) is 0 Å². The third-order valence-corrected chi connectivity index (χ3v) is 4.38. The summed E-state index contributed by atoms with van der Waals surface area (Å²) < 4.78 is 5.57. The summed E-state index contributed by atoms with van der Waals surface area (Å²) in [6.45, 7) is 11.8. The molecule has 0 aromatic heterocycles. The lowest BCUT2D eigenvalue weighted by Crippen LogP contribution is -2.53. The summed E-state index contributed by atoms with van der Waals surface area (Å²) in [6.07, 6.45) is 7.11. The van der Waals surface area contributed by atoms with Crippen LogP contribution in [0.25, 0.3) is 0 Å². The van der Waals surface area contributed by atoms with Gasteiger partial charge in [0.05, 0.1) is 0 Å². The van der Waals surface area contributed by atoms with E-state index < -0.39 is 5.60 Å². The quantitative estimate of drug-likeness (QED) is 0.807. The van der Waals surface area contributed by atoms with Crippen LogP contribution in [0.2, 0.25) is 0 Å². The first-order valence-corrected chi connectivity index (χ1v) is 8.18. The minimum absolute atomic E-state index is 0.132. The van der Waals surface area contributed by atoms with Gasteiger partial charge in [0.25, 0.3) is 0 Å². The van der Waals surface area contributed by atoms with E-state index in [1.54, 1.807) is 0 Å². The highest BCUT2D eigenvalue weighted by Crippen LogP contribution is 2.37. The monoisotopic (exact) mass is 294 g/mol. The number of nitrogens with zero attached hydrogens (tertiary/aromatic N) is 1. The van der Waals surface area contributed by atoms with Crippen LogP contribution in [0.1, 0.15) is 59.8 Å². The van der Waals surface area contributed by atoms with Gasteiger partial charge in [-0.1, -0.05) is 6.08 Å². The molecule has 1 N–H and O–H groups in total. The predicted molar refractivity (Wildman–Crippen MR) is 85.3 cm³/mol. The van der Waals surface area contributed by atoms with Gasteiger partial charge < -0.3 is 15.0 Å². The van der Waals surface area contributed by atoms with E-state index in [9.17, 15) is 4.79 Å². The molecule has 2 bridgehead atoms. The number of nitrogens with one attached hydrogen (secondary N) is 1. The van der Waals surface area contributed by atoms with Gasteiger partial charge in [-0.15, -0.1) is 6.58 Å². The number of fused-ring (bicyclic) bond motifs is 2. The standard InChI is InChI=1S/C17H30N2O2/c1-6-7-12(2)18-13-10-14-8-9-15(11-13)19(14)16(20)21-17(3,4)5/h6,12-15,18H,1,7-11H2,2-5H3. The molecule has 21 heavy (non-hydrogen) atoms. The lowest BCUT2D eigenvalue weighted by atomic mass is 9.96. The topological polar surface area (TPSA) is 41.6 Å². The van der Waals surface area contributed by atoms with Crippen LogP contribution in [-0.2, 0) is 4.74 Å². The van der Waals surface area contributed by atoms with E-state index in [2.05, 4.69) is 18.8 Å². The summed E-state index contributed by atoms with van der Waals surface area (Å²) in [4.78, 5) is 14.4. The Hall–Kier alpha value is -1.03. The van der Waals surface area contributed by atoms with Gasteiger partial charge in [-0.25, -0.2) is 4.79 Å². The highest BCUT2D eigenvalue weighted by molar-refractivity contribution is 5.69. The van der Waals surface area contributed by atoms with Crippen LogP contribution >= 0.6 is 0 Å². The molecule has 3 atom stereocenters. The van der Waals surface area contributed by atoms with Crippen molar-refractivity contribution in [3.05, 3.63) is 12.7 Å². The molecular weight excluding hydrogens is 264 g/mol. The maximum absolute atomic E-state index is 12.4. The van der Waals surface area contributed by atoms with Crippen molar-refractivity contribution in [2.75, 3.05) is 0 Å². The van der Waals surface area contributed by atoms with Crippen LogP contribution in [0.15, 0.2) is 12.7 Å². The van der Waals surface area contributed by atoms with Crippen molar-refractivity contribution in [3.63, 3.8) is 0 Å². The molecule has 4 heteroatoms. The summed E-state index contributed by atoms with van der Waals surface area (Å²) in [7, 11) is 0. The van der Waals surface area contributed by atoms with E-state index in [0.29, 0.717) is 24.2 Å². The molecule has 0 aromatic carbocycles. The molecule has 0 saturated carbocycles.